The Morgan fingerprint density at radius 1 is 1.23 bits per heavy atom. The Morgan fingerprint density at radius 3 is 2.41 bits per heavy atom. The lowest BCUT2D eigenvalue weighted by Crippen LogP contribution is -2.42. The van der Waals surface area contributed by atoms with Crippen molar-refractivity contribution in [1.82, 2.24) is 8.83 Å². The number of nitriles is 1. The lowest BCUT2D eigenvalue weighted by Gasteiger charge is -2.26. The van der Waals surface area contributed by atoms with E-state index >= 15 is 0 Å². The molecule has 0 unspecified atom stereocenters. The fourth-order valence-electron chi connectivity index (χ4n) is 2.15. The minimum absolute atomic E-state index is 0.0208. The van der Waals surface area contributed by atoms with Gasteiger partial charge in [0.05, 0.1) is 16.1 Å². The van der Waals surface area contributed by atoms with Crippen molar-refractivity contribution in [3.05, 3.63) is 59.0 Å². The molecule has 22 heavy (non-hydrogen) atoms. The average Bonchev–Trinajstić information content (AvgIpc) is 2.50. The molecule has 6 heteroatoms. The van der Waals surface area contributed by atoms with Gasteiger partial charge in [0, 0.05) is 24.5 Å². The highest BCUT2D eigenvalue weighted by Gasteiger charge is 2.33. The van der Waals surface area contributed by atoms with Crippen LogP contribution in [0.4, 0.5) is 0 Å². The van der Waals surface area contributed by atoms with Gasteiger partial charge in [0.2, 0.25) is 0 Å². The van der Waals surface area contributed by atoms with Crippen molar-refractivity contribution >= 4 is 28.0 Å². The van der Waals surface area contributed by atoms with Gasteiger partial charge in [-0.1, -0.05) is 6.08 Å². The number of hydrogen-bond donors (Lipinski definition) is 0. The molecule has 2 aliphatic rings. The summed E-state index contributed by atoms with van der Waals surface area (Å²) in [4.78, 5) is 25.5. The Balaban J connectivity index is 2.45. The van der Waals surface area contributed by atoms with Gasteiger partial charge in [0.25, 0.3) is 11.8 Å². The van der Waals surface area contributed by atoms with Crippen molar-refractivity contribution < 1.29 is 9.59 Å². The van der Waals surface area contributed by atoms with Gasteiger partial charge in [-0.15, -0.1) is 0 Å². The van der Waals surface area contributed by atoms with Crippen LogP contribution in [-0.4, -0.2) is 27.2 Å². The molecule has 0 saturated heterocycles. The summed E-state index contributed by atoms with van der Waals surface area (Å²) in [7, 11) is 0. The predicted molar refractivity (Wildman–Crippen MR) is 85.9 cm³/mol. The van der Waals surface area contributed by atoms with Crippen LogP contribution in [0.3, 0.4) is 0 Å². The fraction of sp³-hybridized carbons (Fsp3) is 0.188. The monoisotopic (exact) mass is 359 g/mol. The highest BCUT2D eigenvalue weighted by atomic mass is 79.9. The van der Waals surface area contributed by atoms with E-state index in [4.69, 9.17) is 5.26 Å². The maximum absolute atomic E-state index is 12.4. The van der Waals surface area contributed by atoms with E-state index in [-0.39, 0.29) is 18.0 Å². The quantitative estimate of drug-likeness (QED) is 0.432. The van der Waals surface area contributed by atoms with Gasteiger partial charge in [0.15, 0.2) is 0 Å². The van der Waals surface area contributed by atoms with Crippen molar-refractivity contribution in [1.29, 1.82) is 5.26 Å². The molecule has 2 heterocycles. The van der Waals surface area contributed by atoms with E-state index in [9.17, 15) is 9.59 Å². The molecule has 5 nitrogen and oxygen atoms in total. The molecule has 0 radical (unpaired) electrons. The van der Waals surface area contributed by atoms with E-state index in [1.54, 1.807) is 29.9 Å². The van der Waals surface area contributed by atoms with E-state index < -0.39 is 5.91 Å². The Hall–Kier alpha value is -2.39. The number of halogens is 1. The van der Waals surface area contributed by atoms with Crippen molar-refractivity contribution in [2.75, 3.05) is 6.54 Å². The SMILES string of the molecule is CCN1C(=O)C(C#N)=C(C)/C(=C/C=C2C=CN(Br)C=C2)C1=O. The Labute approximate surface area is 137 Å². The maximum atomic E-state index is 12.4. The molecule has 0 saturated carbocycles. The molecule has 0 aromatic heterocycles. The van der Waals surface area contributed by atoms with Crippen LogP contribution in [0.5, 0.6) is 0 Å². The van der Waals surface area contributed by atoms with E-state index in [0.717, 1.165) is 10.5 Å². The van der Waals surface area contributed by atoms with Gasteiger partial charge >= 0.3 is 0 Å². The minimum Gasteiger partial charge on any atom is -0.292 e. The third-order valence-electron chi connectivity index (χ3n) is 3.40. The van der Waals surface area contributed by atoms with Crippen LogP contribution in [0.15, 0.2) is 59.0 Å². The maximum Gasteiger partial charge on any atom is 0.271 e. The largest absolute Gasteiger partial charge is 0.292 e. The fourth-order valence-corrected chi connectivity index (χ4v) is 2.39. The standard InChI is InChI=1S/C16H14BrN3O2/c1-3-20-15(21)13(11(2)14(10-18)16(20)22)5-4-12-6-8-19(17)9-7-12/h4-9H,3H2,1-2H3/b13-5-. The summed E-state index contributed by atoms with van der Waals surface area (Å²) in [6.07, 6.45) is 10.8. The van der Waals surface area contributed by atoms with Crippen LogP contribution in [0.25, 0.3) is 0 Å². The van der Waals surface area contributed by atoms with Gasteiger partial charge in [-0.25, -0.2) is 0 Å². The predicted octanol–water partition coefficient (Wildman–Crippen LogP) is 2.72. The van der Waals surface area contributed by atoms with Crippen LogP contribution in [0.2, 0.25) is 0 Å². The van der Waals surface area contributed by atoms with E-state index in [1.807, 2.05) is 30.6 Å². The molecule has 0 atom stereocenters. The van der Waals surface area contributed by atoms with E-state index in [0.29, 0.717) is 11.1 Å². The first kappa shape index (κ1) is 16.0. The molecule has 2 amide bonds. The summed E-state index contributed by atoms with van der Waals surface area (Å²) in [6, 6.07) is 1.90. The Bertz CT molecular complexity index is 704. The number of carbonyl (C=O) groups excluding carboxylic acids is 2. The zero-order chi connectivity index (χ0) is 16.3. The van der Waals surface area contributed by atoms with Crippen LogP contribution in [0, 0.1) is 11.3 Å². The van der Waals surface area contributed by atoms with Gasteiger partial charge in [0.1, 0.15) is 11.6 Å². The highest BCUT2D eigenvalue weighted by molar-refractivity contribution is 9.07. The normalized spacial score (nSPS) is 20.1. The van der Waals surface area contributed by atoms with E-state index in [1.165, 1.54) is 0 Å². The molecule has 0 spiro atoms. The summed E-state index contributed by atoms with van der Waals surface area (Å²) in [5, 5.41) is 9.15. The second kappa shape index (κ2) is 6.58. The minimum atomic E-state index is -0.523. The van der Waals surface area contributed by atoms with Crippen molar-refractivity contribution in [3.63, 3.8) is 0 Å². The van der Waals surface area contributed by atoms with Crippen molar-refractivity contribution in [3.8, 4) is 6.07 Å². The number of hydrogen-bond acceptors (Lipinski definition) is 4. The average molecular weight is 360 g/mol. The number of imide groups is 1. The molecule has 0 aromatic rings. The first-order chi connectivity index (χ1) is 10.5. The Morgan fingerprint density at radius 2 is 1.86 bits per heavy atom. The lowest BCUT2D eigenvalue weighted by molar-refractivity contribution is -0.140. The summed E-state index contributed by atoms with van der Waals surface area (Å²) in [5.41, 5.74) is 1.72. The third kappa shape index (κ3) is 2.95. The number of rotatable bonds is 2. The third-order valence-corrected chi connectivity index (χ3v) is 3.88. The summed E-state index contributed by atoms with van der Waals surface area (Å²) in [6.45, 7) is 3.57. The van der Waals surface area contributed by atoms with Gasteiger partial charge in [-0.05, 0) is 43.2 Å². The zero-order valence-corrected chi connectivity index (χ0v) is 13.8. The second-order valence-corrected chi connectivity index (χ2v) is 5.51. The van der Waals surface area contributed by atoms with E-state index in [2.05, 4.69) is 16.1 Å². The van der Waals surface area contributed by atoms with Crippen molar-refractivity contribution in [2.24, 2.45) is 0 Å². The summed E-state index contributed by atoms with van der Waals surface area (Å²) < 4.78 is 1.72. The number of amides is 2. The summed E-state index contributed by atoms with van der Waals surface area (Å²) >= 11 is 3.28. The van der Waals surface area contributed by atoms with Gasteiger partial charge in [-0.3, -0.25) is 18.4 Å². The molecule has 112 valence electrons. The first-order valence-electron chi connectivity index (χ1n) is 6.69. The number of allylic oxidation sites excluding steroid dienone is 5. The number of nitrogens with zero attached hydrogens (tertiary/aromatic N) is 3. The van der Waals surface area contributed by atoms with Crippen LogP contribution in [-0.2, 0) is 9.59 Å². The molecule has 0 aromatic carbocycles. The number of likely N-dealkylation sites (N-methyl/N-ethyl adjacent to an activating group) is 1. The van der Waals surface area contributed by atoms with Crippen molar-refractivity contribution in [2.45, 2.75) is 13.8 Å². The smallest absolute Gasteiger partial charge is 0.271 e. The van der Waals surface area contributed by atoms with Gasteiger partial charge in [-0.2, -0.15) is 5.26 Å². The highest BCUT2D eigenvalue weighted by Crippen LogP contribution is 2.25. The topological polar surface area (TPSA) is 64.4 Å². The zero-order valence-electron chi connectivity index (χ0n) is 12.2. The first-order valence-corrected chi connectivity index (χ1v) is 7.40. The second-order valence-electron chi connectivity index (χ2n) is 4.69. The molecular formula is C16H14BrN3O2. The molecule has 2 rings (SSSR count). The number of carbonyl (C=O) groups is 2. The summed E-state index contributed by atoms with van der Waals surface area (Å²) in [5.74, 6) is -0.892. The van der Waals surface area contributed by atoms with Crippen LogP contribution < -0.4 is 0 Å². The lowest BCUT2D eigenvalue weighted by atomic mass is 9.94. The molecule has 0 N–H and O–H groups in total. The molecule has 0 aliphatic carbocycles. The van der Waals surface area contributed by atoms with Gasteiger partial charge < -0.3 is 0 Å². The van der Waals surface area contributed by atoms with Crippen LogP contribution in [0.1, 0.15) is 13.8 Å². The Kier molecular flexibility index (Phi) is 4.78. The molecule has 2 aliphatic heterocycles. The molecular weight excluding hydrogens is 346 g/mol. The molecule has 0 fully saturated rings. The molecule has 0 bridgehead atoms. The van der Waals surface area contributed by atoms with Crippen LogP contribution >= 0.6 is 16.1 Å².